The van der Waals surface area contributed by atoms with Gasteiger partial charge in [0, 0.05) is 0 Å². The van der Waals surface area contributed by atoms with Gasteiger partial charge in [-0.3, -0.25) is 0 Å². The van der Waals surface area contributed by atoms with Crippen molar-refractivity contribution in [3.8, 4) is 0 Å². The molecule has 72 valence electrons. The summed E-state index contributed by atoms with van der Waals surface area (Å²) >= 11 is 0. The van der Waals surface area contributed by atoms with Crippen LogP contribution in [0.15, 0.2) is 12.0 Å². The van der Waals surface area contributed by atoms with Crippen molar-refractivity contribution >= 4 is 0 Å². The highest BCUT2D eigenvalue weighted by atomic mass is 16.4. The summed E-state index contributed by atoms with van der Waals surface area (Å²) in [5.41, 5.74) is 0. The van der Waals surface area contributed by atoms with Gasteiger partial charge in [0.25, 0.3) is 0 Å². The molecule has 0 aromatic carbocycles. The zero-order valence-corrected chi connectivity index (χ0v) is 6.20. The van der Waals surface area contributed by atoms with Gasteiger partial charge in [-0.2, -0.15) is 0 Å². The fourth-order valence-corrected chi connectivity index (χ4v) is 0.570. The Balaban J connectivity index is 4.18. The first-order chi connectivity index (χ1) is 5.54. The fraction of sp³-hybridized carbons (Fsp3) is 0.667. The highest BCUT2D eigenvalue weighted by molar-refractivity contribution is 4.97. The molecule has 0 amide bonds. The van der Waals surface area contributed by atoms with Crippen LogP contribution < -0.4 is 0 Å². The molecule has 0 saturated carbocycles. The molecular weight excluding hydrogens is 168 g/mol. The molecule has 12 heavy (non-hydrogen) atoms. The van der Waals surface area contributed by atoms with Gasteiger partial charge in [-0.05, 0) is 0 Å². The lowest BCUT2D eigenvalue weighted by Crippen LogP contribution is -2.40. The molecule has 0 rings (SSSR count). The van der Waals surface area contributed by atoms with Crippen LogP contribution in [0.3, 0.4) is 0 Å². The molecule has 6 heteroatoms. The second kappa shape index (κ2) is 4.94. The smallest absolute Gasteiger partial charge is 0.158 e. The Morgan fingerprint density at radius 2 is 1.75 bits per heavy atom. The zero-order valence-electron chi connectivity index (χ0n) is 6.20. The summed E-state index contributed by atoms with van der Waals surface area (Å²) in [5, 5.41) is 51.7. The van der Waals surface area contributed by atoms with Crippen LogP contribution in [0.1, 0.15) is 0 Å². The average molecular weight is 180 g/mol. The van der Waals surface area contributed by atoms with E-state index >= 15 is 0 Å². The van der Waals surface area contributed by atoms with Crippen LogP contribution in [-0.2, 0) is 0 Å². The summed E-state index contributed by atoms with van der Waals surface area (Å²) in [5.74, 6) is -0.880. The topological polar surface area (TPSA) is 121 Å². The number of hydrogen-bond acceptors (Lipinski definition) is 6. The van der Waals surface area contributed by atoms with Crippen molar-refractivity contribution < 1.29 is 30.6 Å². The van der Waals surface area contributed by atoms with Crippen LogP contribution in [-0.4, -0.2) is 55.6 Å². The van der Waals surface area contributed by atoms with Crippen LogP contribution in [0.4, 0.5) is 0 Å². The quantitative estimate of drug-likeness (QED) is 0.279. The van der Waals surface area contributed by atoms with Gasteiger partial charge in [-0.15, -0.1) is 0 Å². The zero-order chi connectivity index (χ0) is 9.72. The molecule has 0 aromatic rings. The van der Waals surface area contributed by atoms with E-state index in [-0.39, 0.29) is 6.26 Å². The SMILES string of the molecule is OC=C(O)C(O)C(O)C(O)CO. The molecule has 6 nitrogen and oxygen atoms in total. The second-order valence-corrected chi connectivity index (χ2v) is 2.24. The molecule has 0 saturated heterocycles. The van der Waals surface area contributed by atoms with Gasteiger partial charge in [0.15, 0.2) is 5.76 Å². The van der Waals surface area contributed by atoms with E-state index in [1.807, 2.05) is 0 Å². The Bertz CT molecular complexity index is 156. The third-order valence-corrected chi connectivity index (χ3v) is 1.34. The lowest BCUT2D eigenvalue weighted by molar-refractivity contribution is -0.0750. The number of hydrogen-bond donors (Lipinski definition) is 6. The molecule has 0 radical (unpaired) electrons. The van der Waals surface area contributed by atoms with Crippen molar-refractivity contribution in [3.63, 3.8) is 0 Å². The molecule has 0 aliphatic rings. The minimum absolute atomic E-state index is 0.192. The van der Waals surface area contributed by atoms with E-state index in [2.05, 4.69) is 0 Å². The predicted octanol–water partition coefficient (Wildman–Crippen LogP) is -1.98. The fourth-order valence-electron chi connectivity index (χ4n) is 0.570. The van der Waals surface area contributed by atoms with E-state index in [0.29, 0.717) is 0 Å². The molecular formula is C6H12O6. The Morgan fingerprint density at radius 1 is 1.25 bits per heavy atom. The molecule has 3 unspecified atom stereocenters. The predicted molar refractivity (Wildman–Crippen MR) is 38.4 cm³/mol. The normalized spacial score (nSPS) is 20.2. The molecule has 0 fully saturated rings. The maximum absolute atomic E-state index is 8.92. The monoisotopic (exact) mass is 180 g/mol. The molecule has 0 spiro atoms. The molecule has 0 aliphatic heterocycles. The van der Waals surface area contributed by atoms with Crippen LogP contribution in [0, 0.1) is 0 Å². The van der Waals surface area contributed by atoms with Gasteiger partial charge in [-0.1, -0.05) is 0 Å². The van der Waals surface area contributed by atoms with Crippen LogP contribution in [0.25, 0.3) is 0 Å². The van der Waals surface area contributed by atoms with Gasteiger partial charge < -0.3 is 30.6 Å². The highest BCUT2D eigenvalue weighted by Crippen LogP contribution is 2.06. The summed E-state index contributed by atoms with van der Waals surface area (Å²) < 4.78 is 0. The summed E-state index contributed by atoms with van der Waals surface area (Å²) in [6.45, 7) is -0.753. The molecule has 0 heterocycles. The third-order valence-electron chi connectivity index (χ3n) is 1.34. The van der Waals surface area contributed by atoms with Gasteiger partial charge in [0.1, 0.15) is 24.6 Å². The maximum atomic E-state index is 8.92. The van der Waals surface area contributed by atoms with Crippen molar-refractivity contribution in [1.29, 1.82) is 0 Å². The van der Waals surface area contributed by atoms with Crippen LogP contribution in [0.5, 0.6) is 0 Å². The molecule has 0 bridgehead atoms. The largest absolute Gasteiger partial charge is 0.512 e. The number of aliphatic hydroxyl groups is 6. The van der Waals surface area contributed by atoms with E-state index in [1.165, 1.54) is 0 Å². The molecule has 3 atom stereocenters. The Morgan fingerprint density at radius 3 is 2.08 bits per heavy atom. The van der Waals surface area contributed by atoms with E-state index in [4.69, 9.17) is 30.6 Å². The maximum Gasteiger partial charge on any atom is 0.158 e. The van der Waals surface area contributed by atoms with Crippen molar-refractivity contribution in [2.75, 3.05) is 6.61 Å². The average Bonchev–Trinajstić information content (AvgIpc) is 2.12. The second-order valence-electron chi connectivity index (χ2n) is 2.24. The lowest BCUT2D eigenvalue weighted by Gasteiger charge is -2.20. The van der Waals surface area contributed by atoms with Crippen molar-refractivity contribution in [2.45, 2.75) is 18.3 Å². The highest BCUT2D eigenvalue weighted by Gasteiger charge is 2.26. The number of aliphatic hydroxyl groups excluding tert-OH is 6. The van der Waals surface area contributed by atoms with Crippen LogP contribution >= 0.6 is 0 Å². The Kier molecular flexibility index (Phi) is 4.60. The summed E-state index contributed by atoms with van der Waals surface area (Å²) in [6, 6.07) is 0. The number of rotatable bonds is 4. The summed E-state index contributed by atoms with van der Waals surface area (Å²) in [4.78, 5) is 0. The first kappa shape index (κ1) is 11.2. The lowest BCUT2D eigenvalue weighted by atomic mass is 10.1. The Hall–Kier alpha value is -0.820. The third kappa shape index (κ3) is 2.67. The first-order valence-corrected chi connectivity index (χ1v) is 3.22. The van der Waals surface area contributed by atoms with Crippen LogP contribution in [0.2, 0.25) is 0 Å². The van der Waals surface area contributed by atoms with E-state index in [0.717, 1.165) is 0 Å². The van der Waals surface area contributed by atoms with E-state index in [9.17, 15) is 0 Å². The molecule has 0 aliphatic carbocycles. The Labute approximate surface area is 68.6 Å². The summed E-state index contributed by atoms with van der Waals surface area (Å²) in [6.07, 6.45) is -4.92. The first-order valence-electron chi connectivity index (χ1n) is 3.22. The van der Waals surface area contributed by atoms with Crippen molar-refractivity contribution in [2.24, 2.45) is 0 Å². The van der Waals surface area contributed by atoms with Gasteiger partial charge in [0.05, 0.1) is 6.61 Å². The molecule has 0 aromatic heterocycles. The van der Waals surface area contributed by atoms with Gasteiger partial charge in [-0.25, -0.2) is 0 Å². The molecule has 6 N–H and O–H groups in total. The summed E-state index contributed by atoms with van der Waals surface area (Å²) in [7, 11) is 0. The van der Waals surface area contributed by atoms with Crippen molar-refractivity contribution in [3.05, 3.63) is 12.0 Å². The standard InChI is InChI=1S/C6H12O6/c7-1-3(9)5(11)6(12)4(10)2-8/h1,4-12H,2H2. The van der Waals surface area contributed by atoms with E-state index in [1.54, 1.807) is 0 Å². The minimum atomic E-state index is -1.81. The minimum Gasteiger partial charge on any atom is -0.512 e. The van der Waals surface area contributed by atoms with Gasteiger partial charge in [0.2, 0.25) is 0 Å². The van der Waals surface area contributed by atoms with E-state index < -0.39 is 30.7 Å². The van der Waals surface area contributed by atoms with Gasteiger partial charge >= 0.3 is 0 Å². The van der Waals surface area contributed by atoms with Crippen molar-refractivity contribution in [1.82, 2.24) is 0 Å².